The highest BCUT2D eigenvalue weighted by Crippen LogP contribution is 2.35. The third-order valence-electron chi connectivity index (χ3n) is 3.39. The summed E-state index contributed by atoms with van der Waals surface area (Å²) in [5.41, 5.74) is 3.63. The first-order valence-corrected chi connectivity index (χ1v) is 8.28. The van der Waals surface area contributed by atoms with Crippen LogP contribution in [0.15, 0.2) is 31.6 Å². The molecule has 2 rings (SSSR count). The molecule has 20 heavy (non-hydrogen) atoms. The van der Waals surface area contributed by atoms with Gasteiger partial charge in [-0.2, -0.15) is 0 Å². The summed E-state index contributed by atoms with van der Waals surface area (Å²) in [6, 6.07) is 6.56. The minimum absolute atomic E-state index is 0.128. The Bertz CT molecular complexity index is 619. The summed E-state index contributed by atoms with van der Waals surface area (Å²) in [7, 11) is 0. The topological polar surface area (TPSA) is 25.2 Å². The molecule has 0 aliphatic heterocycles. The molecule has 1 aromatic heterocycles. The van der Waals surface area contributed by atoms with Gasteiger partial charge >= 0.3 is 0 Å². The van der Waals surface area contributed by atoms with Crippen molar-refractivity contribution in [2.75, 3.05) is 6.54 Å². The Kier molecular flexibility index (Phi) is 5.10. The number of nitrogens with one attached hydrogen (secondary N) is 1. The van der Waals surface area contributed by atoms with E-state index in [1.165, 1.54) is 16.7 Å². The van der Waals surface area contributed by atoms with Gasteiger partial charge in [-0.1, -0.05) is 38.8 Å². The number of halogens is 2. The zero-order valence-corrected chi connectivity index (χ0v) is 15.4. The monoisotopic (exact) mass is 399 g/mol. The van der Waals surface area contributed by atoms with Gasteiger partial charge in [0.2, 0.25) is 0 Å². The van der Waals surface area contributed by atoms with Crippen LogP contribution < -0.4 is 5.32 Å². The van der Waals surface area contributed by atoms with Crippen LogP contribution in [0.3, 0.4) is 0 Å². The largest absolute Gasteiger partial charge is 0.466 e. The molecule has 1 N–H and O–H groups in total. The van der Waals surface area contributed by atoms with Gasteiger partial charge in [0.15, 0.2) is 0 Å². The predicted octanol–water partition coefficient (Wildman–Crippen LogP) is 5.43. The van der Waals surface area contributed by atoms with Crippen LogP contribution in [0.5, 0.6) is 0 Å². The van der Waals surface area contributed by atoms with Crippen LogP contribution in [-0.4, -0.2) is 6.54 Å². The Morgan fingerprint density at radius 1 is 1.05 bits per heavy atom. The van der Waals surface area contributed by atoms with Crippen LogP contribution in [0.4, 0.5) is 0 Å². The number of furan rings is 1. The van der Waals surface area contributed by atoms with Crippen LogP contribution >= 0.6 is 31.9 Å². The van der Waals surface area contributed by atoms with Crippen LogP contribution in [0.1, 0.15) is 41.2 Å². The molecule has 108 valence electrons. The van der Waals surface area contributed by atoms with E-state index in [1.807, 2.05) is 13.8 Å². The maximum Gasteiger partial charge on any atom is 0.106 e. The molecule has 1 aromatic carbocycles. The van der Waals surface area contributed by atoms with E-state index in [9.17, 15) is 0 Å². The molecule has 0 radical (unpaired) electrons. The van der Waals surface area contributed by atoms with Crippen molar-refractivity contribution >= 4 is 31.9 Å². The summed E-state index contributed by atoms with van der Waals surface area (Å²) < 4.78 is 7.93. The average Bonchev–Trinajstić information content (AvgIpc) is 2.70. The SMILES string of the molecule is CCNC(c1cc(Br)c(C)cc1Br)c1cc(C)oc1C. The number of rotatable bonds is 4. The molecule has 4 heteroatoms. The van der Waals surface area contributed by atoms with Gasteiger partial charge in [-0.05, 0) is 56.6 Å². The zero-order valence-electron chi connectivity index (χ0n) is 12.2. The molecule has 1 atom stereocenters. The second kappa shape index (κ2) is 6.46. The molecule has 0 spiro atoms. The lowest BCUT2D eigenvalue weighted by Crippen LogP contribution is -2.22. The minimum atomic E-state index is 0.128. The lowest BCUT2D eigenvalue weighted by Gasteiger charge is -2.20. The smallest absolute Gasteiger partial charge is 0.106 e. The number of aryl methyl sites for hydroxylation is 3. The summed E-state index contributed by atoms with van der Waals surface area (Å²) in [6.07, 6.45) is 0. The van der Waals surface area contributed by atoms with Crippen molar-refractivity contribution in [2.24, 2.45) is 0 Å². The molecule has 0 saturated carbocycles. The normalized spacial score (nSPS) is 12.7. The van der Waals surface area contributed by atoms with E-state index >= 15 is 0 Å². The summed E-state index contributed by atoms with van der Waals surface area (Å²) in [6.45, 7) is 9.11. The van der Waals surface area contributed by atoms with E-state index in [0.29, 0.717) is 0 Å². The molecule has 0 amide bonds. The average molecular weight is 401 g/mol. The third kappa shape index (κ3) is 3.18. The van der Waals surface area contributed by atoms with E-state index < -0.39 is 0 Å². The fourth-order valence-electron chi connectivity index (χ4n) is 2.41. The fraction of sp³-hybridized carbons (Fsp3) is 0.375. The number of hydrogen-bond acceptors (Lipinski definition) is 2. The van der Waals surface area contributed by atoms with Gasteiger partial charge < -0.3 is 9.73 Å². The predicted molar refractivity (Wildman–Crippen MR) is 90.3 cm³/mol. The van der Waals surface area contributed by atoms with Crippen molar-refractivity contribution < 1.29 is 4.42 Å². The maximum atomic E-state index is 5.69. The summed E-state index contributed by atoms with van der Waals surface area (Å²) in [5.74, 6) is 1.92. The molecular formula is C16H19Br2NO. The minimum Gasteiger partial charge on any atom is -0.466 e. The van der Waals surface area contributed by atoms with Crippen LogP contribution in [0.2, 0.25) is 0 Å². The molecule has 2 nitrogen and oxygen atoms in total. The number of hydrogen-bond donors (Lipinski definition) is 1. The van der Waals surface area contributed by atoms with Crippen molar-refractivity contribution in [3.05, 3.63) is 55.4 Å². The molecule has 0 saturated heterocycles. The second-order valence-corrected chi connectivity index (χ2v) is 6.69. The maximum absolute atomic E-state index is 5.69. The van der Waals surface area contributed by atoms with Gasteiger partial charge in [0.1, 0.15) is 11.5 Å². The molecule has 0 aliphatic carbocycles. The summed E-state index contributed by atoms with van der Waals surface area (Å²) in [4.78, 5) is 0. The fourth-order valence-corrected chi connectivity index (χ4v) is 3.46. The third-order valence-corrected chi connectivity index (χ3v) is 4.93. The first kappa shape index (κ1) is 15.8. The van der Waals surface area contributed by atoms with Gasteiger partial charge in [-0.15, -0.1) is 0 Å². The Labute approximate surface area is 137 Å². The van der Waals surface area contributed by atoms with E-state index in [-0.39, 0.29) is 6.04 Å². The Balaban J connectivity index is 2.54. The van der Waals surface area contributed by atoms with Gasteiger partial charge in [-0.3, -0.25) is 0 Å². The Morgan fingerprint density at radius 2 is 1.75 bits per heavy atom. The molecule has 0 aliphatic rings. The quantitative estimate of drug-likeness (QED) is 0.740. The van der Waals surface area contributed by atoms with Crippen LogP contribution in [-0.2, 0) is 0 Å². The van der Waals surface area contributed by atoms with Gasteiger partial charge in [0.05, 0.1) is 6.04 Å². The lowest BCUT2D eigenvalue weighted by atomic mass is 9.98. The lowest BCUT2D eigenvalue weighted by molar-refractivity contribution is 0.495. The summed E-state index contributed by atoms with van der Waals surface area (Å²) in [5, 5.41) is 3.55. The van der Waals surface area contributed by atoms with E-state index in [2.05, 4.69) is 69.2 Å². The molecule has 1 unspecified atom stereocenters. The molecule has 0 fully saturated rings. The Hall–Kier alpha value is -0.580. The van der Waals surface area contributed by atoms with Gasteiger partial charge in [0.25, 0.3) is 0 Å². The second-order valence-electron chi connectivity index (χ2n) is 4.98. The molecule has 2 aromatic rings. The highest BCUT2D eigenvalue weighted by molar-refractivity contribution is 9.11. The van der Waals surface area contributed by atoms with E-state index in [0.717, 1.165) is 27.0 Å². The van der Waals surface area contributed by atoms with Crippen molar-refractivity contribution in [1.82, 2.24) is 5.32 Å². The first-order chi connectivity index (χ1) is 9.43. The highest BCUT2D eigenvalue weighted by atomic mass is 79.9. The first-order valence-electron chi connectivity index (χ1n) is 6.69. The number of benzene rings is 1. The van der Waals surface area contributed by atoms with E-state index in [4.69, 9.17) is 4.42 Å². The van der Waals surface area contributed by atoms with Crippen molar-refractivity contribution in [1.29, 1.82) is 0 Å². The zero-order chi connectivity index (χ0) is 14.9. The molecule has 1 heterocycles. The molecule has 0 bridgehead atoms. The van der Waals surface area contributed by atoms with Crippen molar-refractivity contribution in [2.45, 2.75) is 33.7 Å². The van der Waals surface area contributed by atoms with Crippen LogP contribution in [0, 0.1) is 20.8 Å². The van der Waals surface area contributed by atoms with Crippen LogP contribution in [0.25, 0.3) is 0 Å². The van der Waals surface area contributed by atoms with Crippen molar-refractivity contribution in [3.63, 3.8) is 0 Å². The van der Waals surface area contributed by atoms with E-state index in [1.54, 1.807) is 0 Å². The van der Waals surface area contributed by atoms with Crippen molar-refractivity contribution in [3.8, 4) is 0 Å². The molecular weight excluding hydrogens is 382 g/mol. The summed E-state index contributed by atoms with van der Waals surface area (Å²) >= 11 is 7.31. The Morgan fingerprint density at radius 3 is 2.30 bits per heavy atom. The van der Waals surface area contributed by atoms with Gasteiger partial charge in [-0.25, -0.2) is 0 Å². The van der Waals surface area contributed by atoms with Gasteiger partial charge in [0, 0.05) is 14.5 Å². The highest BCUT2D eigenvalue weighted by Gasteiger charge is 2.21. The standard InChI is InChI=1S/C16H19Br2NO/c1-5-19-16(12-7-10(3)20-11(12)4)13-8-14(17)9(2)6-15(13)18/h6-8,16,19H,5H2,1-4H3.